The van der Waals surface area contributed by atoms with E-state index in [2.05, 4.69) is 54.9 Å². The lowest BCUT2D eigenvalue weighted by atomic mass is 10.1. The SMILES string of the molecule is CCN(CC)CCCNC(=O)c1cccc(NC(=O)c2ccc(/N=N/C(C(C)=O)C(=O)Nc3ccc4[nH]c(=O)[nH]c4c3)cc2)c1. The van der Waals surface area contributed by atoms with Crippen LogP contribution in [0.1, 0.15) is 47.9 Å². The second kappa shape index (κ2) is 15.3. The van der Waals surface area contributed by atoms with E-state index >= 15 is 0 Å². The van der Waals surface area contributed by atoms with Crippen molar-refractivity contribution < 1.29 is 19.2 Å². The minimum absolute atomic E-state index is 0.212. The lowest BCUT2D eigenvalue weighted by Gasteiger charge is -2.17. The summed E-state index contributed by atoms with van der Waals surface area (Å²) in [6, 6.07) is 16.2. The fraction of sp³-hybridized carbons (Fsp3) is 0.281. The highest BCUT2D eigenvalue weighted by atomic mass is 16.2. The molecule has 1 atom stereocenters. The number of nitrogens with one attached hydrogen (secondary N) is 5. The highest BCUT2D eigenvalue weighted by Crippen LogP contribution is 2.19. The third-order valence-electron chi connectivity index (χ3n) is 7.05. The molecule has 0 aliphatic carbocycles. The van der Waals surface area contributed by atoms with Gasteiger partial charge in [-0.05, 0) is 93.6 Å². The number of aromatic amines is 2. The van der Waals surface area contributed by atoms with E-state index in [-0.39, 0.29) is 11.6 Å². The number of azo groups is 1. The van der Waals surface area contributed by atoms with Gasteiger partial charge >= 0.3 is 5.69 Å². The van der Waals surface area contributed by atoms with Gasteiger partial charge in [-0.1, -0.05) is 19.9 Å². The molecule has 0 spiro atoms. The number of benzene rings is 3. The summed E-state index contributed by atoms with van der Waals surface area (Å²) >= 11 is 0. The van der Waals surface area contributed by atoms with Crippen LogP contribution >= 0.6 is 0 Å². The molecule has 0 aliphatic heterocycles. The van der Waals surface area contributed by atoms with Crippen LogP contribution < -0.4 is 21.6 Å². The highest BCUT2D eigenvalue weighted by molar-refractivity contribution is 6.10. The van der Waals surface area contributed by atoms with Gasteiger partial charge < -0.3 is 30.8 Å². The number of carbonyl (C=O) groups excluding carboxylic acids is 4. The summed E-state index contributed by atoms with van der Waals surface area (Å²) in [5.74, 6) is -1.80. The number of H-pyrrole nitrogens is 2. The Morgan fingerprint density at radius 3 is 2.24 bits per heavy atom. The van der Waals surface area contributed by atoms with E-state index in [1.165, 1.54) is 31.2 Å². The van der Waals surface area contributed by atoms with Crippen molar-refractivity contribution in [1.29, 1.82) is 0 Å². The third kappa shape index (κ3) is 9.03. The number of hydrogen-bond acceptors (Lipinski definition) is 8. The molecule has 4 rings (SSSR count). The van der Waals surface area contributed by atoms with E-state index in [0.717, 1.165) is 26.1 Å². The van der Waals surface area contributed by atoms with E-state index in [4.69, 9.17) is 0 Å². The quantitative estimate of drug-likeness (QED) is 0.0806. The van der Waals surface area contributed by atoms with Crippen LogP contribution in [0.3, 0.4) is 0 Å². The summed E-state index contributed by atoms with van der Waals surface area (Å²) < 4.78 is 0. The van der Waals surface area contributed by atoms with Gasteiger partial charge in [-0.3, -0.25) is 19.2 Å². The molecule has 13 heteroatoms. The van der Waals surface area contributed by atoms with Crippen molar-refractivity contribution in [3.8, 4) is 0 Å². The number of Topliss-reactive ketones (excluding diaryl/α,β-unsaturated/α-hetero) is 1. The van der Waals surface area contributed by atoms with Crippen LogP contribution in [0.2, 0.25) is 0 Å². The molecule has 0 aliphatic rings. The van der Waals surface area contributed by atoms with Crippen molar-refractivity contribution in [1.82, 2.24) is 20.2 Å². The van der Waals surface area contributed by atoms with Gasteiger partial charge in [0.2, 0.25) is 6.04 Å². The number of imidazole rings is 1. The van der Waals surface area contributed by atoms with Gasteiger partial charge in [0.25, 0.3) is 17.7 Å². The number of nitrogens with zero attached hydrogens (tertiary/aromatic N) is 3. The molecule has 3 amide bonds. The zero-order valence-electron chi connectivity index (χ0n) is 25.3. The number of hydrogen-bond donors (Lipinski definition) is 5. The summed E-state index contributed by atoms with van der Waals surface area (Å²) in [6.07, 6.45) is 0.844. The molecule has 0 saturated heterocycles. The number of rotatable bonds is 14. The molecule has 234 valence electrons. The molecule has 3 aromatic carbocycles. The molecular weight excluding hydrogens is 576 g/mol. The third-order valence-corrected chi connectivity index (χ3v) is 7.05. The number of aromatic nitrogens is 2. The summed E-state index contributed by atoms with van der Waals surface area (Å²) in [5.41, 5.74) is 2.64. The van der Waals surface area contributed by atoms with Crippen molar-refractivity contribution in [2.24, 2.45) is 10.2 Å². The van der Waals surface area contributed by atoms with Crippen molar-refractivity contribution >= 4 is 51.6 Å². The van der Waals surface area contributed by atoms with Crippen LogP contribution in [0.15, 0.2) is 81.8 Å². The van der Waals surface area contributed by atoms with Crippen molar-refractivity contribution in [2.75, 3.05) is 36.8 Å². The minimum Gasteiger partial charge on any atom is -0.352 e. The van der Waals surface area contributed by atoms with Crippen LogP contribution in [0.25, 0.3) is 11.0 Å². The smallest absolute Gasteiger partial charge is 0.323 e. The Morgan fingerprint density at radius 1 is 0.822 bits per heavy atom. The predicted octanol–water partition coefficient (Wildman–Crippen LogP) is 4.25. The Kier molecular flexibility index (Phi) is 11.1. The number of carbonyl (C=O) groups is 4. The van der Waals surface area contributed by atoms with E-state index in [1.807, 2.05) is 0 Å². The number of amides is 3. The van der Waals surface area contributed by atoms with Gasteiger partial charge in [-0.15, -0.1) is 0 Å². The van der Waals surface area contributed by atoms with Gasteiger partial charge in [0.1, 0.15) is 0 Å². The predicted molar refractivity (Wildman–Crippen MR) is 172 cm³/mol. The highest BCUT2D eigenvalue weighted by Gasteiger charge is 2.23. The van der Waals surface area contributed by atoms with Crippen molar-refractivity contribution in [2.45, 2.75) is 33.2 Å². The molecule has 1 aromatic heterocycles. The molecule has 0 radical (unpaired) electrons. The fourth-order valence-electron chi connectivity index (χ4n) is 4.53. The maximum atomic E-state index is 12.9. The number of anilines is 2. The molecule has 4 aromatic rings. The van der Waals surface area contributed by atoms with E-state index in [9.17, 15) is 24.0 Å². The summed E-state index contributed by atoms with van der Waals surface area (Å²) in [4.78, 5) is 69.3. The lowest BCUT2D eigenvalue weighted by Crippen LogP contribution is -2.31. The average Bonchev–Trinajstić information content (AvgIpc) is 3.40. The van der Waals surface area contributed by atoms with E-state index < -0.39 is 23.6 Å². The zero-order chi connectivity index (χ0) is 32.3. The Bertz CT molecular complexity index is 1760. The molecule has 5 N–H and O–H groups in total. The molecule has 13 nitrogen and oxygen atoms in total. The van der Waals surface area contributed by atoms with Crippen LogP contribution in [0, 0.1) is 0 Å². The van der Waals surface area contributed by atoms with E-state index in [0.29, 0.717) is 45.8 Å². The van der Waals surface area contributed by atoms with Gasteiger partial charge in [0.05, 0.1) is 16.7 Å². The lowest BCUT2D eigenvalue weighted by molar-refractivity contribution is -0.126. The average molecular weight is 613 g/mol. The number of fused-ring (bicyclic) bond motifs is 1. The minimum atomic E-state index is -1.40. The summed E-state index contributed by atoms with van der Waals surface area (Å²) in [5, 5.41) is 16.3. The van der Waals surface area contributed by atoms with Gasteiger partial charge in [-0.25, -0.2) is 4.79 Å². The molecule has 0 saturated carbocycles. The molecule has 1 heterocycles. The van der Waals surface area contributed by atoms with Crippen LogP contribution in [0.4, 0.5) is 17.1 Å². The van der Waals surface area contributed by atoms with E-state index in [1.54, 1.807) is 42.5 Å². The van der Waals surface area contributed by atoms with Gasteiger partial charge in [0, 0.05) is 29.0 Å². The molecule has 0 fully saturated rings. The van der Waals surface area contributed by atoms with Crippen LogP contribution in [-0.2, 0) is 9.59 Å². The van der Waals surface area contributed by atoms with Crippen LogP contribution in [0.5, 0.6) is 0 Å². The van der Waals surface area contributed by atoms with Crippen molar-refractivity contribution in [3.05, 3.63) is 88.3 Å². The van der Waals surface area contributed by atoms with Gasteiger partial charge in [0.15, 0.2) is 5.78 Å². The number of ketones is 1. The normalized spacial score (nSPS) is 11.9. The standard InChI is InChI=1S/C32H36N8O5/c1-4-40(5-2)17-7-16-33-29(42)22-8-6-9-24(18-22)34-30(43)21-10-12-23(13-11-21)38-39-28(20(3)41)31(44)35-25-14-15-26-27(19-25)37-32(45)36-26/h6,8-15,18-19,28H,4-5,7,16-17H2,1-3H3,(H,33,42)(H,34,43)(H,35,44)(H2,36,37,45)/b39-38+. The first-order valence-corrected chi connectivity index (χ1v) is 14.6. The first-order chi connectivity index (χ1) is 21.7. The molecule has 0 bridgehead atoms. The van der Waals surface area contributed by atoms with Gasteiger partial charge in [-0.2, -0.15) is 10.2 Å². The zero-order valence-corrected chi connectivity index (χ0v) is 25.3. The Labute approximate surface area is 259 Å². The molecule has 45 heavy (non-hydrogen) atoms. The van der Waals surface area contributed by atoms with Crippen LogP contribution in [-0.4, -0.2) is 70.6 Å². The Balaban J connectivity index is 1.32. The first-order valence-electron chi connectivity index (χ1n) is 14.6. The second-order valence-corrected chi connectivity index (χ2v) is 10.3. The molecule has 1 unspecified atom stereocenters. The molecular formula is C32H36N8O5. The largest absolute Gasteiger partial charge is 0.352 e. The monoisotopic (exact) mass is 612 g/mol. The summed E-state index contributed by atoms with van der Waals surface area (Å²) in [7, 11) is 0. The summed E-state index contributed by atoms with van der Waals surface area (Å²) in [6.45, 7) is 8.85. The Morgan fingerprint density at radius 2 is 1.53 bits per heavy atom. The maximum Gasteiger partial charge on any atom is 0.323 e. The van der Waals surface area contributed by atoms with Crippen molar-refractivity contribution in [3.63, 3.8) is 0 Å². The fourth-order valence-corrected chi connectivity index (χ4v) is 4.53. The second-order valence-electron chi connectivity index (χ2n) is 10.3. The topological polar surface area (TPSA) is 181 Å². The first kappa shape index (κ1) is 32.5. The maximum absolute atomic E-state index is 12.9. The Hall–Kier alpha value is -5.43.